The maximum absolute atomic E-state index is 12.0. The Morgan fingerprint density at radius 1 is 0.400 bits per heavy atom. The molecule has 0 spiro atoms. The summed E-state index contributed by atoms with van der Waals surface area (Å²) in [4.78, 5) is 50.0. The second kappa shape index (κ2) is 10.2. The molecule has 0 aliphatic carbocycles. The van der Waals surface area contributed by atoms with E-state index in [0.29, 0.717) is 34.4 Å². The average molecular weight is 529 g/mol. The summed E-state index contributed by atoms with van der Waals surface area (Å²) in [6.45, 7) is 0. The highest BCUT2D eigenvalue weighted by Gasteiger charge is 2.26. The Kier molecular flexibility index (Phi) is 6.26. The number of carbonyl (C=O) groups is 4. The van der Waals surface area contributed by atoms with Crippen LogP contribution in [0.2, 0.25) is 0 Å². The molecule has 8 nitrogen and oxygen atoms in total. The third-order valence-electron chi connectivity index (χ3n) is 6.28. The van der Waals surface area contributed by atoms with Gasteiger partial charge in [-0.05, 0) is 59.7 Å². The summed E-state index contributed by atoms with van der Waals surface area (Å²) in [5, 5.41) is 0. The molecule has 0 aromatic heterocycles. The molecule has 4 amide bonds. The molecule has 0 radical (unpaired) electrons. The van der Waals surface area contributed by atoms with E-state index >= 15 is 0 Å². The molecule has 0 unspecified atom stereocenters. The van der Waals surface area contributed by atoms with Gasteiger partial charge in [0, 0.05) is 36.4 Å². The van der Waals surface area contributed by atoms with Gasteiger partial charge in [-0.2, -0.15) is 0 Å². The normalized spacial score (nSPS) is 14.4. The topological polar surface area (TPSA) is 93.2 Å². The van der Waals surface area contributed by atoms with Crippen molar-refractivity contribution in [3.05, 3.63) is 121 Å². The smallest absolute Gasteiger partial charge is 0.258 e. The number of ether oxygens (including phenoxy) is 2. The van der Waals surface area contributed by atoms with Crippen molar-refractivity contribution in [1.29, 1.82) is 0 Å². The van der Waals surface area contributed by atoms with E-state index in [1.807, 2.05) is 48.5 Å². The van der Waals surface area contributed by atoms with Crippen molar-refractivity contribution in [3.63, 3.8) is 0 Å². The maximum atomic E-state index is 12.0. The molecule has 0 bridgehead atoms. The second-order valence-electron chi connectivity index (χ2n) is 8.94. The number of amides is 4. The highest BCUT2D eigenvalue weighted by molar-refractivity contribution is 6.28. The van der Waals surface area contributed by atoms with E-state index in [4.69, 9.17) is 9.47 Å². The van der Waals surface area contributed by atoms with Gasteiger partial charge in [0.1, 0.15) is 23.0 Å². The number of benzene rings is 4. The molecule has 8 heteroatoms. The van der Waals surface area contributed by atoms with Crippen LogP contribution in [0.3, 0.4) is 0 Å². The Morgan fingerprint density at radius 2 is 0.750 bits per heavy atom. The van der Waals surface area contributed by atoms with Gasteiger partial charge in [0.15, 0.2) is 0 Å². The molecule has 0 fully saturated rings. The summed E-state index contributed by atoms with van der Waals surface area (Å²) >= 11 is 0. The predicted octanol–water partition coefficient (Wildman–Crippen LogP) is 5.80. The lowest BCUT2D eigenvalue weighted by Crippen LogP contribution is -2.29. The number of hydrogen-bond donors (Lipinski definition) is 0. The van der Waals surface area contributed by atoms with E-state index in [9.17, 15) is 19.2 Å². The van der Waals surface area contributed by atoms with Crippen molar-refractivity contribution in [2.24, 2.45) is 0 Å². The van der Waals surface area contributed by atoms with Crippen molar-refractivity contribution in [1.82, 2.24) is 0 Å². The predicted molar refractivity (Wildman–Crippen MR) is 148 cm³/mol. The molecule has 4 aromatic carbocycles. The van der Waals surface area contributed by atoms with Crippen LogP contribution in [0.4, 0.5) is 11.4 Å². The van der Waals surface area contributed by atoms with Gasteiger partial charge in [0.25, 0.3) is 23.6 Å². The SMILES string of the molecule is O=C1C=CC(=O)N1c1cccc(Oc2ccc(-c3ccc(Oc4cccc(N5C(=O)C=CC5=O)c4)cc3)cc2)c1. The van der Waals surface area contributed by atoms with E-state index < -0.39 is 0 Å². The lowest BCUT2D eigenvalue weighted by atomic mass is 10.1. The zero-order valence-corrected chi connectivity index (χ0v) is 20.9. The fourth-order valence-electron chi connectivity index (χ4n) is 4.38. The summed E-state index contributed by atoms with van der Waals surface area (Å²) in [5.41, 5.74) is 2.82. The van der Waals surface area contributed by atoms with Crippen LogP contribution in [0.25, 0.3) is 11.1 Å². The Morgan fingerprint density at radius 3 is 1.10 bits per heavy atom. The van der Waals surface area contributed by atoms with Crippen LogP contribution in [0.15, 0.2) is 121 Å². The van der Waals surface area contributed by atoms with Gasteiger partial charge < -0.3 is 9.47 Å². The van der Waals surface area contributed by atoms with Gasteiger partial charge in [-0.1, -0.05) is 36.4 Å². The van der Waals surface area contributed by atoms with Crippen LogP contribution in [0, 0.1) is 0 Å². The number of nitrogens with zero attached hydrogens (tertiary/aromatic N) is 2. The molecular formula is C32H20N2O6. The van der Waals surface area contributed by atoms with Crippen LogP contribution in [-0.4, -0.2) is 23.6 Å². The average Bonchev–Trinajstić information content (AvgIpc) is 3.49. The standard InChI is InChI=1S/C32H20N2O6/c35-29-15-16-30(36)33(29)23-3-1-5-27(19-23)39-25-11-7-21(8-12-25)22-9-13-26(14-10-22)40-28-6-2-4-24(20-28)34-31(37)17-18-32(34)38/h1-20H. The van der Waals surface area contributed by atoms with Crippen molar-refractivity contribution in [3.8, 4) is 34.1 Å². The maximum Gasteiger partial charge on any atom is 0.258 e. The van der Waals surface area contributed by atoms with E-state index in [1.165, 1.54) is 24.3 Å². The van der Waals surface area contributed by atoms with E-state index in [-0.39, 0.29) is 23.6 Å². The minimum absolute atomic E-state index is 0.385. The summed E-state index contributed by atoms with van der Waals surface area (Å²) in [6, 6.07) is 28.6. The minimum Gasteiger partial charge on any atom is -0.457 e. The molecule has 2 aliphatic heterocycles. The van der Waals surface area contributed by atoms with Gasteiger partial charge >= 0.3 is 0 Å². The van der Waals surface area contributed by atoms with Crippen LogP contribution < -0.4 is 19.3 Å². The Hall–Kier alpha value is -5.76. The molecule has 0 saturated carbocycles. The van der Waals surface area contributed by atoms with Crippen molar-refractivity contribution in [2.75, 3.05) is 9.80 Å². The van der Waals surface area contributed by atoms with Gasteiger partial charge in [0.05, 0.1) is 11.4 Å². The molecule has 0 N–H and O–H groups in total. The fourth-order valence-corrected chi connectivity index (χ4v) is 4.38. The van der Waals surface area contributed by atoms with E-state index in [1.54, 1.807) is 48.5 Å². The molecular weight excluding hydrogens is 508 g/mol. The zero-order chi connectivity index (χ0) is 27.6. The lowest BCUT2D eigenvalue weighted by Gasteiger charge is -2.15. The number of carbonyl (C=O) groups excluding carboxylic acids is 4. The Bertz CT molecular complexity index is 1560. The quantitative estimate of drug-likeness (QED) is 0.282. The number of imide groups is 2. The van der Waals surface area contributed by atoms with Crippen molar-refractivity contribution in [2.45, 2.75) is 0 Å². The van der Waals surface area contributed by atoms with Gasteiger partial charge in [-0.15, -0.1) is 0 Å². The van der Waals surface area contributed by atoms with Crippen molar-refractivity contribution < 1.29 is 28.7 Å². The van der Waals surface area contributed by atoms with E-state index in [0.717, 1.165) is 20.9 Å². The van der Waals surface area contributed by atoms with Crippen LogP contribution in [-0.2, 0) is 19.2 Å². The first-order chi connectivity index (χ1) is 19.4. The first-order valence-electron chi connectivity index (χ1n) is 12.3. The van der Waals surface area contributed by atoms with Gasteiger partial charge in [0.2, 0.25) is 0 Å². The number of anilines is 2. The Balaban J connectivity index is 1.11. The lowest BCUT2D eigenvalue weighted by molar-refractivity contribution is -0.121. The second-order valence-corrected chi connectivity index (χ2v) is 8.94. The van der Waals surface area contributed by atoms with Crippen molar-refractivity contribution >= 4 is 35.0 Å². The minimum atomic E-state index is -0.385. The summed E-state index contributed by atoms with van der Waals surface area (Å²) in [7, 11) is 0. The molecule has 0 saturated heterocycles. The van der Waals surface area contributed by atoms with E-state index in [2.05, 4.69) is 0 Å². The monoisotopic (exact) mass is 528 g/mol. The molecule has 2 heterocycles. The first-order valence-corrected chi connectivity index (χ1v) is 12.3. The summed E-state index contributed by atoms with van der Waals surface area (Å²) < 4.78 is 11.9. The van der Waals surface area contributed by atoms with Gasteiger partial charge in [-0.25, -0.2) is 9.80 Å². The summed E-state index contributed by atoms with van der Waals surface area (Å²) in [5.74, 6) is 0.656. The summed E-state index contributed by atoms with van der Waals surface area (Å²) in [6.07, 6.45) is 4.96. The van der Waals surface area contributed by atoms with Crippen LogP contribution in [0.5, 0.6) is 23.0 Å². The molecule has 6 rings (SSSR count). The van der Waals surface area contributed by atoms with Crippen LogP contribution >= 0.6 is 0 Å². The highest BCUT2D eigenvalue weighted by atomic mass is 16.5. The molecule has 194 valence electrons. The third kappa shape index (κ3) is 4.89. The number of rotatable bonds is 7. The fraction of sp³-hybridized carbons (Fsp3) is 0. The Labute approximate surface area is 229 Å². The third-order valence-corrected chi connectivity index (χ3v) is 6.28. The zero-order valence-electron chi connectivity index (χ0n) is 20.9. The first kappa shape index (κ1) is 24.6. The molecule has 4 aromatic rings. The van der Waals surface area contributed by atoms with Crippen LogP contribution in [0.1, 0.15) is 0 Å². The molecule has 40 heavy (non-hydrogen) atoms. The number of hydrogen-bond acceptors (Lipinski definition) is 6. The molecule has 0 atom stereocenters. The van der Waals surface area contributed by atoms with Gasteiger partial charge in [-0.3, -0.25) is 19.2 Å². The molecule has 2 aliphatic rings. The largest absolute Gasteiger partial charge is 0.457 e. The highest BCUT2D eigenvalue weighted by Crippen LogP contribution is 2.32.